The fraction of sp³-hybridized carbons (Fsp3) is 0.250. The monoisotopic (exact) mass is 401 g/mol. The van der Waals surface area contributed by atoms with E-state index in [-0.39, 0.29) is 18.9 Å². The Kier molecular flexibility index (Phi) is 5.73. The molecule has 1 amide bonds. The number of amides is 1. The van der Waals surface area contributed by atoms with Crippen LogP contribution in [0.25, 0.3) is 11.0 Å². The molecule has 0 bridgehead atoms. The second-order valence-corrected chi connectivity index (χ2v) is 6.53. The third-order valence-electron chi connectivity index (χ3n) is 4.43. The lowest BCUT2D eigenvalue weighted by molar-refractivity contribution is -0.137. The molecule has 0 aliphatic heterocycles. The zero-order valence-corrected chi connectivity index (χ0v) is 15.5. The van der Waals surface area contributed by atoms with Crippen LogP contribution in [0.3, 0.4) is 0 Å². The molecule has 2 N–H and O–H groups in total. The minimum Gasteiger partial charge on any atom is -0.348 e. The van der Waals surface area contributed by atoms with E-state index in [1.807, 2.05) is 24.3 Å². The lowest BCUT2D eigenvalue weighted by atomic mass is 10.0. The Hall–Kier alpha value is -3.54. The van der Waals surface area contributed by atoms with E-state index in [9.17, 15) is 18.0 Å². The van der Waals surface area contributed by atoms with Gasteiger partial charge in [-0.05, 0) is 29.8 Å². The summed E-state index contributed by atoms with van der Waals surface area (Å²) < 4.78 is 39.4. The fourth-order valence-corrected chi connectivity index (χ4v) is 2.89. The lowest BCUT2D eigenvalue weighted by Crippen LogP contribution is -2.30. The summed E-state index contributed by atoms with van der Waals surface area (Å²) in [7, 11) is 1.47. The van der Waals surface area contributed by atoms with Gasteiger partial charge in [-0.2, -0.15) is 18.4 Å². The van der Waals surface area contributed by atoms with E-state index < -0.39 is 17.8 Å². The number of alkyl halides is 3. The van der Waals surface area contributed by atoms with Gasteiger partial charge in [-0.15, -0.1) is 0 Å². The van der Waals surface area contributed by atoms with E-state index in [1.165, 1.54) is 24.1 Å². The van der Waals surface area contributed by atoms with Gasteiger partial charge in [0.15, 0.2) is 0 Å². The highest BCUT2D eigenvalue weighted by molar-refractivity contribution is 5.79. The quantitative estimate of drug-likeness (QED) is 0.609. The van der Waals surface area contributed by atoms with Gasteiger partial charge in [0.05, 0.1) is 35.1 Å². The molecule has 0 saturated carbocycles. The second kappa shape index (κ2) is 8.22. The molecule has 150 valence electrons. The van der Waals surface area contributed by atoms with Crippen LogP contribution in [-0.4, -0.2) is 34.4 Å². The van der Waals surface area contributed by atoms with E-state index in [4.69, 9.17) is 5.26 Å². The zero-order valence-electron chi connectivity index (χ0n) is 15.5. The van der Waals surface area contributed by atoms with Gasteiger partial charge in [0.25, 0.3) is 0 Å². The molecule has 3 rings (SSSR count). The number of anilines is 1. The van der Waals surface area contributed by atoms with Gasteiger partial charge >= 0.3 is 6.18 Å². The highest BCUT2D eigenvalue weighted by Crippen LogP contribution is 2.32. The first-order valence-electron chi connectivity index (χ1n) is 8.77. The summed E-state index contributed by atoms with van der Waals surface area (Å²) in [6.07, 6.45) is -4.64. The molecular weight excluding hydrogens is 383 g/mol. The van der Waals surface area contributed by atoms with Crippen LogP contribution in [0.15, 0.2) is 48.5 Å². The molecule has 29 heavy (non-hydrogen) atoms. The predicted octanol–water partition coefficient (Wildman–Crippen LogP) is 4.11. The minimum absolute atomic E-state index is 0.112. The number of rotatable bonds is 6. The van der Waals surface area contributed by atoms with Crippen molar-refractivity contribution in [2.75, 3.05) is 18.9 Å². The van der Waals surface area contributed by atoms with Gasteiger partial charge in [-0.1, -0.05) is 24.3 Å². The summed E-state index contributed by atoms with van der Waals surface area (Å²) >= 11 is 0. The second-order valence-electron chi connectivity index (χ2n) is 6.53. The summed E-state index contributed by atoms with van der Waals surface area (Å²) in [6, 6.07) is 13.2. The van der Waals surface area contributed by atoms with Crippen LogP contribution >= 0.6 is 0 Å². The van der Waals surface area contributed by atoms with Crippen LogP contribution < -0.4 is 5.32 Å². The molecule has 0 radical (unpaired) electrons. The number of para-hydroxylation sites is 2. The number of hydrogen-bond donors (Lipinski definition) is 2. The normalized spacial score (nSPS) is 12.4. The van der Waals surface area contributed by atoms with Gasteiger partial charge in [0.1, 0.15) is 6.54 Å². The first kappa shape index (κ1) is 20.2. The van der Waals surface area contributed by atoms with E-state index in [0.717, 1.165) is 17.6 Å². The highest BCUT2D eigenvalue weighted by atomic mass is 19.4. The van der Waals surface area contributed by atoms with Crippen LogP contribution in [-0.2, 0) is 11.0 Å². The number of hydrogen-bond acceptors (Lipinski definition) is 4. The van der Waals surface area contributed by atoms with Crippen molar-refractivity contribution < 1.29 is 18.0 Å². The Morgan fingerprint density at radius 3 is 2.72 bits per heavy atom. The summed E-state index contributed by atoms with van der Waals surface area (Å²) in [5.74, 6) is -0.0399. The number of benzene rings is 2. The lowest BCUT2D eigenvalue weighted by Gasteiger charge is -2.22. The number of halogens is 3. The molecule has 0 unspecified atom stereocenters. The van der Waals surface area contributed by atoms with Crippen molar-refractivity contribution in [1.29, 1.82) is 5.26 Å². The molecule has 1 aromatic heterocycles. The van der Waals surface area contributed by atoms with Crippen molar-refractivity contribution in [3.63, 3.8) is 0 Å². The summed E-state index contributed by atoms with van der Waals surface area (Å²) in [5.41, 5.74) is 0.930. The number of aromatic nitrogens is 2. The number of imidazole rings is 1. The van der Waals surface area contributed by atoms with Crippen LogP contribution in [0.2, 0.25) is 0 Å². The topological polar surface area (TPSA) is 84.8 Å². The van der Waals surface area contributed by atoms with Crippen molar-refractivity contribution in [3.05, 3.63) is 59.7 Å². The molecule has 0 fully saturated rings. The Balaban J connectivity index is 1.93. The van der Waals surface area contributed by atoms with Crippen molar-refractivity contribution in [2.45, 2.75) is 18.6 Å². The maximum absolute atomic E-state index is 13.1. The standard InChI is InChI=1S/C20H18F3N5O/c1-28(10-9-24)18(29)12-17(13-5-4-6-14(11-13)20(21,22)23)27-19-25-15-7-2-3-8-16(15)26-19/h2-8,11,17H,10,12H2,1H3,(H2,25,26,27)/t17-/m1/s1. The summed E-state index contributed by atoms with van der Waals surface area (Å²) in [5, 5.41) is 11.8. The molecule has 1 heterocycles. The van der Waals surface area contributed by atoms with Crippen molar-refractivity contribution >= 4 is 22.9 Å². The summed E-state index contributed by atoms with van der Waals surface area (Å²) in [6.45, 7) is -0.112. The number of aromatic amines is 1. The average Bonchev–Trinajstić information content (AvgIpc) is 3.09. The molecule has 0 aliphatic carbocycles. The Bertz CT molecular complexity index is 1020. The summed E-state index contributed by atoms with van der Waals surface area (Å²) in [4.78, 5) is 21.1. The van der Waals surface area contributed by atoms with Crippen molar-refractivity contribution in [2.24, 2.45) is 0 Å². The van der Waals surface area contributed by atoms with Crippen LogP contribution in [0.5, 0.6) is 0 Å². The number of nitrogens with one attached hydrogen (secondary N) is 2. The Labute approximate surface area is 165 Å². The number of nitrogens with zero attached hydrogens (tertiary/aromatic N) is 3. The van der Waals surface area contributed by atoms with E-state index in [1.54, 1.807) is 6.07 Å². The van der Waals surface area contributed by atoms with Crippen LogP contribution in [0.4, 0.5) is 19.1 Å². The maximum Gasteiger partial charge on any atom is 0.416 e. The predicted molar refractivity (Wildman–Crippen MR) is 102 cm³/mol. The van der Waals surface area contributed by atoms with Crippen molar-refractivity contribution in [3.8, 4) is 6.07 Å². The molecular formula is C20H18F3N5O. The number of H-pyrrole nitrogens is 1. The SMILES string of the molecule is CN(CC#N)C(=O)C[C@@H](Nc1nc2ccccc2[nH]1)c1cccc(C(F)(F)F)c1. The van der Waals surface area contributed by atoms with E-state index in [2.05, 4.69) is 15.3 Å². The average molecular weight is 401 g/mol. The third-order valence-corrected chi connectivity index (χ3v) is 4.43. The van der Waals surface area contributed by atoms with Crippen molar-refractivity contribution in [1.82, 2.24) is 14.9 Å². The third kappa shape index (κ3) is 4.85. The molecule has 3 aromatic rings. The highest BCUT2D eigenvalue weighted by Gasteiger charge is 2.31. The van der Waals surface area contributed by atoms with Gasteiger partial charge in [0, 0.05) is 7.05 Å². The Morgan fingerprint density at radius 1 is 1.28 bits per heavy atom. The molecule has 9 heteroatoms. The first-order valence-corrected chi connectivity index (χ1v) is 8.77. The molecule has 2 aromatic carbocycles. The van der Waals surface area contributed by atoms with Gasteiger partial charge in [-0.25, -0.2) is 4.98 Å². The Morgan fingerprint density at radius 2 is 2.03 bits per heavy atom. The van der Waals surface area contributed by atoms with Gasteiger partial charge < -0.3 is 15.2 Å². The number of carbonyl (C=O) groups excluding carboxylic acids is 1. The molecule has 0 aliphatic rings. The smallest absolute Gasteiger partial charge is 0.348 e. The molecule has 0 spiro atoms. The first-order chi connectivity index (χ1) is 13.8. The van der Waals surface area contributed by atoms with Gasteiger partial charge in [0.2, 0.25) is 11.9 Å². The number of nitriles is 1. The molecule has 1 atom stereocenters. The number of carbonyl (C=O) groups is 1. The molecule has 0 saturated heterocycles. The van der Waals surface area contributed by atoms with Crippen LogP contribution in [0, 0.1) is 11.3 Å². The van der Waals surface area contributed by atoms with E-state index >= 15 is 0 Å². The number of fused-ring (bicyclic) bond motifs is 1. The van der Waals surface area contributed by atoms with E-state index in [0.29, 0.717) is 17.0 Å². The largest absolute Gasteiger partial charge is 0.416 e. The molecule has 6 nitrogen and oxygen atoms in total. The maximum atomic E-state index is 13.1. The fourth-order valence-electron chi connectivity index (χ4n) is 2.89. The zero-order chi connectivity index (χ0) is 21.0. The van der Waals surface area contributed by atoms with Crippen LogP contribution in [0.1, 0.15) is 23.6 Å². The minimum atomic E-state index is -4.50. The van der Waals surface area contributed by atoms with Gasteiger partial charge in [-0.3, -0.25) is 4.79 Å².